The van der Waals surface area contributed by atoms with E-state index in [4.69, 9.17) is 0 Å². The molecule has 1 heterocycles. The Morgan fingerprint density at radius 1 is 1.04 bits per heavy atom. The Hall–Kier alpha value is -2.55. The van der Waals surface area contributed by atoms with Crippen LogP contribution in [0.1, 0.15) is 30.4 Å². The molecule has 0 saturated heterocycles. The van der Waals surface area contributed by atoms with E-state index in [0.717, 1.165) is 25.8 Å². The number of amides is 1. The Balaban J connectivity index is 1.55. The minimum atomic E-state index is 0.178. The Kier molecular flexibility index (Phi) is 4.08. The highest BCUT2D eigenvalue weighted by Crippen LogP contribution is 2.24. The van der Waals surface area contributed by atoms with Gasteiger partial charge in [0.2, 0.25) is 5.91 Å². The van der Waals surface area contributed by atoms with Crippen LogP contribution in [0.5, 0.6) is 0 Å². The molecule has 0 radical (unpaired) electrons. The van der Waals surface area contributed by atoms with Crippen molar-refractivity contribution < 1.29 is 4.79 Å². The fraction of sp³-hybridized carbons (Fsp3) is 0.286. The van der Waals surface area contributed by atoms with Crippen LogP contribution < -0.4 is 5.32 Å². The van der Waals surface area contributed by atoms with Crippen molar-refractivity contribution in [2.45, 2.75) is 38.3 Å². The van der Waals surface area contributed by atoms with Crippen LogP contribution in [0.2, 0.25) is 0 Å². The minimum absolute atomic E-state index is 0.178. The molecule has 1 amide bonds. The summed E-state index contributed by atoms with van der Waals surface area (Å²) in [6.45, 7) is 0.857. The molecule has 24 heavy (non-hydrogen) atoms. The highest BCUT2D eigenvalue weighted by Gasteiger charge is 2.23. The van der Waals surface area contributed by atoms with Gasteiger partial charge >= 0.3 is 0 Å². The van der Waals surface area contributed by atoms with Gasteiger partial charge in [-0.25, -0.2) is 0 Å². The summed E-state index contributed by atoms with van der Waals surface area (Å²) in [6.07, 6.45) is 5.85. The Morgan fingerprint density at radius 3 is 2.58 bits per heavy atom. The second-order valence-corrected chi connectivity index (χ2v) is 6.63. The summed E-state index contributed by atoms with van der Waals surface area (Å²) in [4.78, 5) is 12.0. The summed E-state index contributed by atoms with van der Waals surface area (Å²) in [5.41, 5.74) is 3.78. The number of para-hydroxylation sites is 1. The fourth-order valence-corrected chi connectivity index (χ4v) is 3.21. The van der Waals surface area contributed by atoms with E-state index in [-0.39, 0.29) is 5.91 Å². The highest BCUT2D eigenvalue weighted by atomic mass is 16.1. The van der Waals surface area contributed by atoms with Gasteiger partial charge in [0.05, 0.1) is 0 Å². The van der Waals surface area contributed by atoms with Crippen LogP contribution in [0.4, 0.5) is 0 Å². The monoisotopic (exact) mass is 318 g/mol. The second kappa shape index (κ2) is 6.52. The van der Waals surface area contributed by atoms with Gasteiger partial charge in [0.1, 0.15) is 0 Å². The number of hydrogen-bond donors (Lipinski definition) is 1. The van der Waals surface area contributed by atoms with Crippen molar-refractivity contribution in [2.75, 3.05) is 0 Å². The molecule has 1 aromatic heterocycles. The number of carbonyl (C=O) groups is 1. The van der Waals surface area contributed by atoms with Gasteiger partial charge in [0, 0.05) is 36.1 Å². The average Bonchev–Trinajstić information content (AvgIpc) is 3.36. The summed E-state index contributed by atoms with van der Waals surface area (Å²) in [7, 11) is 0. The lowest BCUT2D eigenvalue weighted by atomic mass is 10.1. The second-order valence-electron chi connectivity index (χ2n) is 6.63. The Morgan fingerprint density at radius 2 is 1.79 bits per heavy atom. The third-order valence-electron chi connectivity index (χ3n) is 4.63. The predicted molar refractivity (Wildman–Crippen MR) is 97.0 cm³/mol. The van der Waals surface area contributed by atoms with Crippen LogP contribution >= 0.6 is 0 Å². The van der Waals surface area contributed by atoms with E-state index < -0.39 is 0 Å². The van der Waals surface area contributed by atoms with Crippen molar-refractivity contribution in [3.05, 3.63) is 71.9 Å². The van der Waals surface area contributed by atoms with Crippen molar-refractivity contribution in [1.29, 1.82) is 0 Å². The first kappa shape index (κ1) is 15.0. The summed E-state index contributed by atoms with van der Waals surface area (Å²) in [6, 6.07) is 19.4. The smallest absolute Gasteiger partial charge is 0.220 e. The van der Waals surface area contributed by atoms with E-state index in [2.05, 4.69) is 64.6 Å². The van der Waals surface area contributed by atoms with Crippen molar-refractivity contribution in [1.82, 2.24) is 9.88 Å². The molecule has 1 fully saturated rings. The van der Waals surface area contributed by atoms with Gasteiger partial charge in [-0.3, -0.25) is 4.79 Å². The molecule has 4 rings (SSSR count). The lowest BCUT2D eigenvalue weighted by Gasteiger charge is -2.05. The van der Waals surface area contributed by atoms with Gasteiger partial charge in [0.15, 0.2) is 0 Å². The normalized spacial score (nSPS) is 14.0. The third kappa shape index (κ3) is 3.35. The van der Waals surface area contributed by atoms with Gasteiger partial charge in [-0.05, 0) is 36.5 Å². The number of nitrogens with zero attached hydrogens (tertiary/aromatic N) is 1. The molecule has 0 aliphatic heterocycles. The summed E-state index contributed by atoms with van der Waals surface area (Å²) < 4.78 is 2.29. The van der Waals surface area contributed by atoms with E-state index in [1.807, 2.05) is 6.07 Å². The van der Waals surface area contributed by atoms with Crippen LogP contribution in [-0.2, 0) is 17.8 Å². The number of fused-ring (bicyclic) bond motifs is 1. The van der Waals surface area contributed by atoms with Crippen LogP contribution in [0.15, 0.2) is 60.8 Å². The molecule has 1 N–H and O–H groups in total. The van der Waals surface area contributed by atoms with Crippen molar-refractivity contribution in [2.24, 2.45) is 0 Å². The molecule has 0 bridgehead atoms. The van der Waals surface area contributed by atoms with E-state index >= 15 is 0 Å². The first-order valence-corrected chi connectivity index (χ1v) is 8.69. The predicted octanol–water partition coefficient (Wildman–Crippen LogP) is 3.90. The standard InChI is InChI=1S/C21H22N2O/c24-21(22-18-11-12-18)13-10-17-15-23(14-16-6-2-1-3-7-16)20-9-5-4-8-19(17)20/h1-9,15,18H,10-14H2,(H,22,24). The number of hydrogen-bond acceptors (Lipinski definition) is 1. The Labute approximate surface area is 142 Å². The number of rotatable bonds is 6. The van der Waals surface area contributed by atoms with Crippen molar-refractivity contribution >= 4 is 16.8 Å². The molecule has 122 valence electrons. The molecular weight excluding hydrogens is 296 g/mol. The number of nitrogens with one attached hydrogen (secondary N) is 1. The van der Waals surface area contributed by atoms with Gasteiger partial charge in [-0.2, -0.15) is 0 Å². The lowest BCUT2D eigenvalue weighted by Crippen LogP contribution is -2.25. The molecular formula is C21H22N2O. The van der Waals surface area contributed by atoms with E-state index in [1.54, 1.807) is 0 Å². The maximum Gasteiger partial charge on any atom is 0.220 e. The van der Waals surface area contributed by atoms with E-state index in [0.29, 0.717) is 12.5 Å². The molecule has 1 saturated carbocycles. The number of benzene rings is 2. The van der Waals surface area contributed by atoms with Gasteiger partial charge in [-0.15, -0.1) is 0 Å². The van der Waals surface area contributed by atoms with E-state index in [1.165, 1.54) is 22.0 Å². The summed E-state index contributed by atoms with van der Waals surface area (Å²) in [5.74, 6) is 0.178. The zero-order chi connectivity index (χ0) is 16.4. The largest absolute Gasteiger partial charge is 0.353 e. The maximum atomic E-state index is 12.0. The SMILES string of the molecule is O=C(CCc1cn(Cc2ccccc2)c2ccccc12)NC1CC1. The minimum Gasteiger partial charge on any atom is -0.353 e. The number of aromatic nitrogens is 1. The van der Waals surface area contributed by atoms with Crippen LogP contribution in [-0.4, -0.2) is 16.5 Å². The molecule has 0 spiro atoms. The van der Waals surface area contributed by atoms with Gasteiger partial charge < -0.3 is 9.88 Å². The first-order chi connectivity index (χ1) is 11.8. The number of carbonyl (C=O) groups excluding carboxylic acids is 1. The zero-order valence-electron chi connectivity index (χ0n) is 13.7. The topological polar surface area (TPSA) is 34.0 Å². The zero-order valence-corrected chi connectivity index (χ0v) is 13.7. The van der Waals surface area contributed by atoms with Crippen LogP contribution in [0.25, 0.3) is 10.9 Å². The third-order valence-corrected chi connectivity index (χ3v) is 4.63. The molecule has 3 aromatic rings. The average molecular weight is 318 g/mol. The van der Waals surface area contributed by atoms with Gasteiger partial charge in [-0.1, -0.05) is 48.5 Å². The van der Waals surface area contributed by atoms with Crippen molar-refractivity contribution in [3.63, 3.8) is 0 Å². The fourth-order valence-electron chi connectivity index (χ4n) is 3.21. The van der Waals surface area contributed by atoms with Gasteiger partial charge in [0.25, 0.3) is 0 Å². The summed E-state index contributed by atoms with van der Waals surface area (Å²) >= 11 is 0. The number of aryl methyl sites for hydroxylation is 1. The van der Waals surface area contributed by atoms with E-state index in [9.17, 15) is 4.79 Å². The molecule has 1 aliphatic rings. The first-order valence-electron chi connectivity index (χ1n) is 8.69. The summed E-state index contributed by atoms with van der Waals surface area (Å²) in [5, 5.41) is 4.33. The molecule has 2 aromatic carbocycles. The molecule has 3 nitrogen and oxygen atoms in total. The molecule has 0 unspecified atom stereocenters. The lowest BCUT2D eigenvalue weighted by molar-refractivity contribution is -0.121. The van der Waals surface area contributed by atoms with Crippen LogP contribution in [0, 0.1) is 0 Å². The molecule has 1 aliphatic carbocycles. The highest BCUT2D eigenvalue weighted by molar-refractivity contribution is 5.85. The quantitative estimate of drug-likeness (QED) is 0.735. The van der Waals surface area contributed by atoms with Crippen LogP contribution in [0.3, 0.4) is 0 Å². The molecule has 0 atom stereocenters. The van der Waals surface area contributed by atoms with Crippen molar-refractivity contribution in [3.8, 4) is 0 Å². The maximum absolute atomic E-state index is 12.0. The Bertz CT molecular complexity index is 847. The molecule has 3 heteroatoms.